The molecule has 0 aliphatic carbocycles. The van der Waals surface area contributed by atoms with Gasteiger partial charge in [-0.05, 0) is 50.1 Å². The SMILES string of the molecule is COC(=O)c1ccccc1NC(=O)c1cc(C)nc(Nc2c(C)cccc2C)n1. The number of methoxy groups -OCH3 is 1. The number of hydrogen-bond acceptors (Lipinski definition) is 6. The van der Waals surface area contributed by atoms with Gasteiger partial charge in [-0.15, -0.1) is 0 Å². The van der Waals surface area contributed by atoms with Crippen molar-refractivity contribution in [1.82, 2.24) is 9.97 Å². The molecular weight excluding hydrogens is 368 g/mol. The Labute approximate surface area is 169 Å². The van der Waals surface area contributed by atoms with Crippen molar-refractivity contribution in [2.75, 3.05) is 17.7 Å². The number of esters is 1. The molecule has 7 heteroatoms. The van der Waals surface area contributed by atoms with Crippen LogP contribution in [0.4, 0.5) is 17.3 Å². The largest absolute Gasteiger partial charge is 0.465 e. The van der Waals surface area contributed by atoms with Crippen LogP contribution in [0, 0.1) is 20.8 Å². The second-order valence-corrected chi connectivity index (χ2v) is 6.60. The molecule has 0 spiro atoms. The van der Waals surface area contributed by atoms with Gasteiger partial charge in [-0.2, -0.15) is 0 Å². The van der Waals surface area contributed by atoms with Crippen LogP contribution in [-0.4, -0.2) is 29.0 Å². The Morgan fingerprint density at radius 3 is 2.31 bits per heavy atom. The lowest BCUT2D eigenvalue weighted by atomic mass is 10.1. The van der Waals surface area contributed by atoms with E-state index in [0.29, 0.717) is 17.3 Å². The molecule has 0 aliphatic rings. The van der Waals surface area contributed by atoms with Gasteiger partial charge in [0.05, 0.1) is 18.4 Å². The van der Waals surface area contributed by atoms with Crippen LogP contribution in [0.25, 0.3) is 0 Å². The quantitative estimate of drug-likeness (QED) is 0.635. The number of para-hydroxylation sites is 2. The Hall–Kier alpha value is -3.74. The molecule has 148 valence electrons. The molecule has 2 N–H and O–H groups in total. The van der Waals surface area contributed by atoms with Crippen molar-refractivity contribution in [3.63, 3.8) is 0 Å². The first-order chi connectivity index (χ1) is 13.9. The first-order valence-corrected chi connectivity index (χ1v) is 9.06. The molecule has 0 saturated carbocycles. The molecule has 7 nitrogen and oxygen atoms in total. The third-order valence-corrected chi connectivity index (χ3v) is 4.39. The fourth-order valence-electron chi connectivity index (χ4n) is 2.93. The standard InChI is InChI=1S/C22H22N4O3/c1-13-8-7-9-14(2)19(13)26-22-23-15(3)12-18(25-22)20(27)24-17-11-6-5-10-16(17)21(28)29-4/h5-12H,1-4H3,(H,24,27)(H,23,25,26). The number of aromatic nitrogens is 2. The average molecular weight is 390 g/mol. The molecule has 0 saturated heterocycles. The molecule has 0 atom stereocenters. The number of benzene rings is 2. The third-order valence-electron chi connectivity index (χ3n) is 4.39. The lowest BCUT2D eigenvalue weighted by Gasteiger charge is -2.13. The summed E-state index contributed by atoms with van der Waals surface area (Å²) in [5.41, 5.74) is 4.45. The van der Waals surface area contributed by atoms with Gasteiger partial charge < -0.3 is 15.4 Å². The van der Waals surface area contributed by atoms with Gasteiger partial charge in [-0.3, -0.25) is 4.79 Å². The molecule has 0 radical (unpaired) electrons. The average Bonchev–Trinajstić information content (AvgIpc) is 2.70. The number of carbonyl (C=O) groups is 2. The monoisotopic (exact) mass is 390 g/mol. The molecule has 0 fully saturated rings. The topological polar surface area (TPSA) is 93.2 Å². The summed E-state index contributed by atoms with van der Waals surface area (Å²) in [6.45, 7) is 5.77. The Morgan fingerprint density at radius 1 is 0.931 bits per heavy atom. The number of amides is 1. The van der Waals surface area contributed by atoms with Crippen LogP contribution in [0.2, 0.25) is 0 Å². The van der Waals surface area contributed by atoms with E-state index in [2.05, 4.69) is 20.6 Å². The maximum Gasteiger partial charge on any atom is 0.339 e. The zero-order valence-electron chi connectivity index (χ0n) is 16.7. The van der Waals surface area contributed by atoms with Gasteiger partial charge in [0.2, 0.25) is 5.95 Å². The molecule has 0 aliphatic heterocycles. The lowest BCUT2D eigenvalue weighted by Crippen LogP contribution is -2.18. The van der Waals surface area contributed by atoms with Crippen molar-refractivity contribution in [2.45, 2.75) is 20.8 Å². The van der Waals surface area contributed by atoms with Gasteiger partial charge in [0, 0.05) is 11.4 Å². The van der Waals surface area contributed by atoms with E-state index in [1.54, 1.807) is 37.3 Å². The number of hydrogen-bond donors (Lipinski definition) is 2. The fraction of sp³-hybridized carbons (Fsp3) is 0.182. The van der Waals surface area contributed by atoms with Crippen molar-refractivity contribution in [1.29, 1.82) is 0 Å². The van der Waals surface area contributed by atoms with Crippen LogP contribution in [0.15, 0.2) is 48.5 Å². The Balaban J connectivity index is 1.89. The third kappa shape index (κ3) is 4.57. The van der Waals surface area contributed by atoms with Crippen LogP contribution >= 0.6 is 0 Å². The molecular formula is C22H22N4O3. The van der Waals surface area contributed by atoms with E-state index in [9.17, 15) is 9.59 Å². The number of nitrogens with one attached hydrogen (secondary N) is 2. The van der Waals surface area contributed by atoms with Gasteiger partial charge in [-0.1, -0.05) is 30.3 Å². The number of nitrogens with zero attached hydrogens (tertiary/aromatic N) is 2. The minimum Gasteiger partial charge on any atom is -0.465 e. The molecule has 1 heterocycles. The van der Waals surface area contributed by atoms with Crippen LogP contribution in [0.3, 0.4) is 0 Å². The minimum atomic E-state index is -0.530. The number of ether oxygens (including phenoxy) is 1. The van der Waals surface area contributed by atoms with E-state index in [1.165, 1.54) is 7.11 Å². The summed E-state index contributed by atoms with van der Waals surface area (Å²) in [6, 6.07) is 14.2. The predicted octanol–water partition coefficient (Wildman–Crippen LogP) is 4.18. The summed E-state index contributed by atoms with van der Waals surface area (Å²) in [5, 5.41) is 5.93. The highest BCUT2D eigenvalue weighted by molar-refractivity contribution is 6.07. The second kappa shape index (κ2) is 8.52. The predicted molar refractivity (Wildman–Crippen MR) is 112 cm³/mol. The maximum absolute atomic E-state index is 12.8. The fourth-order valence-corrected chi connectivity index (χ4v) is 2.93. The smallest absolute Gasteiger partial charge is 0.339 e. The van der Waals surface area contributed by atoms with E-state index >= 15 is 0 Å². The minimum absolute atomic E-state index is 0.186. The van der Waals surface area contributed by atoms with Crippen molar-refractivity contribution in [3.8, 4) is 0 Å². The highest BCUT2D eigenvalue weighted by atomic mass is 16.5. The van der Waals surface area contributed by atoms with Gasteiger partial charge in [-0.25, -0.2) is 14.8 Å². The molecule has 3 aromatic rings. The van der Waals surface area contributed by atoms with Gasteiger partial charge >= 0.3 is 5.97 Å². The number of aryl methyl sites for hydroxylation is 3. The van der Waals surface area contributed by atoms with Crippen molar-refractivity contribution in [2.24, 2.45) is 0 Å². The normalized spacial score (nSPS) is 10.3. The van der Waals surface area contributed by atoms with Crippen molar-refractivity contribution >= 4 is 29.2 Å². The first-order valence-electron chi connectivity index (χ1n) is 9.06. The van der Waals surface area contributed by atoms with E-state index in [0.717, 1.165) is 16.8 Å². The summed E-state index contributed by atoms with van der Waals surface area (Å²) < 4.78 is 4.77. The van der Waals surface area contributed by atoms with Crippen LogP contribution in [-0.2, 0) is 4.74 Å². The maximum atomic E-state index is 12.8. The Bertz CT molecular complexity index is 1060. The molecule has 1 aromatic heterocycles. The summed E-state index contributed by atoms with van der Waals surface area (Å²) in [5.74, 6) is -0.651. The highest BCUT2D eigenvalue weighted by Gasteiger charge is 2.16. The summed E-state index contributed by atoms with van der Waals surface area (Å²) in [7, 11) is 1.29. The molecule has 1 amide bonds. The zero-order chi connectivity index (χ0) is 21.0. The number of carbonyl (C=O) groups excluding carboxylic acids is 2. The highest BCUT2D eigenvalue weighted by Crippen LogP contribution is 2.23. The van der Waals surface area contributed by atoms with Crippen LogP contribution in [0.5, 0.6) is 0 Å². The summed E-state index contributed by atoms with van der Waals surface area (Å²) >= 11 is 0. The Morgan fingerprint density at radius 2 is 1.62 bits per heavy atom. The summed E-state index contributed by atoms with van der Waals surface area (Å²) in [4.78, 5) is 33.4. The molecule has 3 rings (SSSR count). The van der Waals surface area contributed by atoms with Crippen molar-refractivity contribution < 1.29 is 14.3 Å². The first kappa shape index (κ1) is 20.0. The van der Waals surface area contributed by atoms with Crippen LogP contribution < -0.4 is 10.6 Å². The Kier molecular flexibility index (Phi) is 5.87. The van der Waals surface area contributed by atoms with Crippen LogP contribution in [0.1, 0.15) is 37.7 Å². The molecule has 29 heavy (non-hydrogen) atoms. The second-order valence-electron chi connectivity index (χ2n) is 6.60. The summed E-state index contributed by atoms with van der Waals surface area (Å²) in [6.07, 6.45) is 0. The number of anilines is 3. The van der Waals surface area contributed by atoms with Gasteiger partial charge in [0.25, 0.3) is 5.91 Å². The molecule has 0 unspecified atom stereocenters. The number of rotatable bonds is 5. The van der Waals surface area contributed by atoms with E-state index in [1.807, 2.05) is 32.0 Å². The van der Waals surface area contributed by atoms with Gasteiger partial charge in [0.15, 0.2) is 0 Å². The van der Waals surface area contributed by atoms with E-state index in [-0.39, 0.29) is 11.3 Å². The zero-order valence-corrected chi connectivity index (χ0v) is 16.7. The van der Waals surface area contributed by atoms with Gasteiger partial charge in [0.1, 0.15) is 5.69 Å². The van der Waals surface area contributed by atoms with E-state index in [4.69, 9.17) is 4.74 Å². The molecule has 0 bridgehead atoms. The van der Waals surface area contributed by atoms with Crippen molar-refractivity contribution in [3.05, 3.63) is 76.6 Å². The molecule has 2 aromatic carbocycles. The van der Waals surface area contributed by atoms with E-state index < -0.39 is 11.9 Å². The lowest BCUT2D eigenvalue weighted by molar-refractivity contribution is 0.0602.